The summed E-state index contributed by atoms with van der Waals surface area (Å²) in [7, 11) is 0. The average molecular weight is 405 g/mol. The van der Waals surface area contributed by atoms with Gasteiger partial charge >= 0.3 is 0 Å². The predicted molar refractivity (Wildman–Crippen MR) is 105 cm³/mol. The summed E-state index contributed by atoms with van der Waals surface area (Å²) < 4.78 is 20.1. The molecule has 27 heavy (non-hydrogen) atoms. The van der Waals surface area contributed by atoms with Crippen LogP contribution in [0.15, 0.2) is 59.7 Å². The van der Waals surface area contributed by atoms with E-state index in [2.05, 4.69) is 11.6 Å². The van der Waals surface area contributed by atoms with Crippen molar-refractivity contribution in [3.05, 3.63) is 76.2 Å². The van der Waals surface area contributed by atoms with E-state index in [0.29, 0.717) is 41.1 Å². The number of hydrogen-bond donors (Lipinski definition) is 0. The minimum Gasteiger partial charge on any atom is -0.441 e. The molecule has 0 spiro atoms. The van der Waals surface area contributed by atoms with Crippen molar-refractivity contribution >= 4 is 28.8 Å². The Morgan fingerprint density at radius 1 is 1.33 bits per heavy atom. The fraction of sp³-hybridized carbons (Fsp3) is 0.200. The number of aryl methyl sites for hydroxylation is 1. The minimum absolute atomic E-state index is 0.0370. The van der Waals surface area contributed by atoms with Crippen molar-refractivity contribution in [3.8, 4) is 11.3 Å². The molecule has 0 aliphatic rings. The van der Waals surface area contributed by atoms with E-state index in [1.807, 2.05) is 12.1 Å². The molecule has 1 aromatic carbocycles. The Morgan fingerprint density at radius 3 is 2.85 bits per heavy atom. The molecule has 0 radical (unpaired) electrons. The summed E-state index contributed by atoms with van der Waals surface area (Å²) >= 11 is 7.40. The summed E-state index contributed by atoms with van der Waals surface area (Å²) in [5, 5.41) is 0. The van der Waals surface area contributed by atoms with E-state index in [1.54, 1.807) is 29.2 Å². The van der Waals surface area contributed by atoms with E-state index in [1.165, 1.54) is 23.6 Å². The van der Waals surface area contributed by atoms with E-state index in [-0.39, 0.29) is 18.1 Å². The largest absolute Gasteiger partial charge is 0.441 e. The fourth-order valence-electron chi connectivity index (χ4n) is 2.62. The van der Waals surface area contributed by atoms with Gasteiger partial charge in [0.25, 0.3) is 0 Å². The molecule has 2 aromatic heterocycles. The molecule has 0 unspecified atom stereocenters. The molecule has 1 amide bonds. The normalized spacial score (nSPS) is 10.7. The Kier molecular flexibility index (Phi) is 6.42. The van der Waals surface area contributed by atoms with Crippen LogP contribution in [0.2, 0.25) is 4.34 Å². The number of aromatic nitrogens is 1. The zero-order chi connectivity index (χ0) is 19.2. The van der Waals surface area contributed by atoms with Gasteiger partial charge in [-0.25, -0.2) is 9.37 Å². The molecular formula is C20H18ClFN2O2S. The quantitative estimate of drug-likeness (QED) is 0.476. The summed E-state index contributed by atoms with van der Waals surface area (Å²) in [5.74, 6) is 0.346. The lowest BCUT2D eigenvalue weighted by Crippen LogP contribution is -2.30. The number of amides is 1. The lowest BCUT2D eigenvalue weighted by Gasteiger charge is -2.20. The van der Waals surface area contributed by atoms with Gasteiger partial charge < -0.3 is 9.32 Å². The molecule has 140 valence electrons. The number of nitrogens with zero attached hydrogens (tertiary/aromatic N) is 2. The highest BCUT2D eigenvalue weighted by molar-refractivity contribution is 7.16. The average Bonchev–Trinajstić information content (AvgIpc) is 3.29. The van der Waals surface area contributed by atoms with Crippen molar-refractivity contribution in [2.24, 2.45) is 0 Å². The minimum atomic E-state index is -0.372. The van der Waals surface area contributed by atoms with E-state index in [0.717, 1.165) is 4.88 Å². The summed E-state index contributed by atoms with van der Waals surface area (Å²) in [6.45, 7) is 4.64. The summed E-state index contributed by atoms with van der Waals surface area (Å²) in [6, 6.07) is 10.1. The van der Waals surface area contributed by atoms with Gasteiger partial charge in [-0.3, -0.25) is 4.79 Å². The first-order valence-corrected chi connectivity index (χ1v) is 9.58. The molecule has 0 bridgehead atoms. The van der Waals surface area contributed by atoms with Crippen molar-refractivity contribution in [2.75, 3.05) is 6.54 Å². The third-order valence-electron chi connectivity index (χ3n) is 3.92. The first kappa shape index (κ1) is 19.3. The topological polar surface area (TPSA) is 46.3 Å². The molecule has 7 heteroatoms. The van der Waals surface area contributed by atoms with Gasteiger partial charge in [0.15, 0.2) is 11.7 Å². The molecule has 0 N–H and O–H groups in total. The first-order valence-electron chi connectivity index (χ1n) is 8.39. The molecule has 0 saturated heterocycles. The van der Waals surface area contributed by atoms with Crippen LogP contribution in [0, 0.1) is 5.82 Å². The second-order valence-corrected chi connectivity index (χ2v) is 7.67. The highest BCUT2D eigenvalue weighted by Crippen LogP contribution is 2.25. The van der Waals surface area contributed by atoms with Crippen LogP contribution in [0.5, 0.6) is 0 Å². The van der Waals surface area contributed by atoms with Crippen molar-refractivity contribution in [1.82, 2.24) is 9.88 Å². The third-order valence-corrected chi connectivity index (χ3v) is 5.14. The number of carbonyl (C=O) groups excluding carboxylic acids is 1. The Balaban J connectivity index is 1.62. The number of benzene rings is 1. The zero-order valence-electron chi connectivity index (χ0n) is 14.5. The highest BCUT2D eigenvalue weighted by Gasteiger charge is 2.16. The lowest BCUT2D eigenvalue weighted by atomic mass is 10.2. The van der Waals surface area contributed by atoms with Gasteiger partial charge in [0.05, 0.1) is 22.6 Å². The van der Waals surface area contributed by atoms with Crippen LogP contribution in [0.25, 0.3) is 11.3 Å². The molecule has 3 rings (SSSR count). The molecule has 0 fully saturated rings. The number of halogens is 2. The van der Waals surface area contributed by atoms with Gasteiger partial charge in [-0.2, -0.15) is 0 Å². The van der Waals surface area contributed by atoms with Gasteiger partial charge in [-0.1, -0.05) is 29.8 Å². The Morgan fingerprint density at radius 2 is 2.15 bits per heavy atom. The second-order valence-electron chi connectivity index (χ2n) is 5.87. The smallest absolute Gasteiger partial charge is 0.223 e. The standard InChI is InChI=1S/C20H18ClFN2O2S/c1-2-11-24(13-14-7-8-18(21)27-14)20(25)10-9-19-23-12-17(26-19)15-5-3-4-6-16(15)22/h2-8,12H,1,9-11,13H2. The van der Waals surface area contributed by atoms with Crippen LogP contribution in [0.4, 0.5) is 4.39 Å². The van der Waals surface area contributed by atoms with Gasteiger partial charge in [0, 0.05) is 24.3 Å². The van der Waals surface area contributed by atoms with Crippen LogP contribution in [0.3, 0.4) is 0 Å². The summed E-state index contributed by atoms with van der Waals surface area (Å²) in [4.78, 5) is 19.4. The number of hydrogen-bond acceptors (Lipinski definition) is 4. The van der Waals surface area contributed by atoms with Crippen LogP contribution in [-0.4, -0.2) is 22.3 Å². The molecule has 0 atom stereocenters. The zero-order valence-corrected chi connectivity index (χ0v) is 16.1. The van der Waals surface area contributed by atoms with Crippen LogP contribution in [-0.2, 0) is 17.8 Å². The third kappa shape index (κ3) is 5.05. The first-order chi connectivity index (χ1) is 13.1. The molecule has 4 nitrogen and oxygen atoms in total. The Labute approximate surface area is 165 Å². The summed E-state index contributed by atoms with van der Waals surface area (Å²) in [5.41, 5.74) is 0.352. The van der Waals surface area contributed by atoms with Crippen molar-refractivity contribution in [3.63, 3.8) is 0 Å². The highest BCUT2D eigenvalue weighted by atomic mass is 35.5. The number of oxazole rings is 1. The molecule has 2 heterocycles. The van der Waals surface area contributed by atoms with Crippen LogP contribution in [0.1, 0.15) is 17.2 Å². The predicted octanol–water partition coefficient (Wildman–Crippen LogP) is 5.34. The number of thiophene rings is 1. The van der Waals surface area contributed by atoms with Gasteiger partial charge in [-0.15, -0.1) is 17.9 Å². The fourth-order valence-corrected chi connectivity index (χ4v) is 3.72. The second kappa shape index (κ2) is 8.97. The molecular weight excluding hydrogens is 387 g/mol. The molecule has 0 saturated carbocycles. The van der Waals surface area contributed by atoms with Crippen LogP contribution < -0.4 is 0 Å². The lowest BCUT2D eigenvalue weighted by molar-refractivity contribution is -0.131. The van der Waals surface area contributed by atoms with Gasteiger partial charge in [0.1, 0.15) is 5.82 Å². The Hall–Kier alpha value is -2.44. The maximum Gasteiger partial charge on any atom is 0.223 e. The maximum atomic E-state index is 13.8. The van der Waals surface area contributed by atoms with Crippen molar-refractivity contribution < 1.29 is 13.6 Å². The van der Waals surface area contributed by atoms with E-state index in [4.69, 9.17) is 16.0 Å². The SMILES string of the molecule is C=CCN(Cc1ccc(Cl)s1)C(=O)CCc1ncc(-c2ccccc2F)o1. The number of carbonyl (C=O) groups is 1. The van der Waals surface area contributed by atoms with E-state index >= 15 is 0 Å². The van der Waals surface area contributed by atoms with Gasteiger partial charge in [0.2, 0.25) is 5.91 Å². The maximum absolute atomic E-state index is 13.8. The summed E-state index contributed by atoms with van der Waals surface area (Å²) in [6.07, 6.45) is 3.75. The molecule has 0 aliphatic heterocycles. The van der Waals surface area contributed by atoms with Gasteiger partial charge in [-0.05, 0) is 24.3 Å². The van der Waals surface area contributed by atoms with Crippen molar-refractivity contribution in [1.29, 1.82) is 0 Å². The molecule has 3 aromatic rings. The van der Waals surface area contributed by atoms with E-state index < -0.39 is 0 Å². The van der Waals surface area contributed by atoms with Crippen LogP contribution >= 0.6 is 22.9 Å². The monoisotopic (exact) mass is 404 g/mol. The van der Waals surface area contributed by atoms with Crippen molar-refractivity contribution in [2.45, 2.75) is 19.4 Å². The number of rotatable bonds is 8. The molecule has 0 aliphatic carbocycles. The van der Waals surface area contributed by atoms with E-state index in [9.17, 15) is 9.18 Å². The Bertz CT molecular complexity index is 937.